The van der Waals surface area contributed by atoms with Crippen LogP contribution in [0.5, 0.6) is 0 Å². The maximum atomic E-state index is 13.0. The van der Waals surface area contributed by atoms with Crippen LogP contribution < -0.4 is 0 Å². The SMILES string of the molecule is O=Cc1csc2cc(Cl)c(F)cc12. The Bertz CT molecular complexity index is 478. The monoisotopic (exact) mass is 214 g/mol. The second-order valence-electron chi connectivity index (χ2n) is 2.57. The maximum absolute atomic E-state index is 13.0. The zero-order chi connectivity index (χ0) is 9.42. The van der Waals surface area contributed by atoms with E-state index < -0.39 is 5.82 Å². The van der Waals surface area contributed by atoms with Gasteiger partial charge >= 0.3 is 0 Å². The number of hydrogen-bond donors (Lipinski definition) is 0. The van der Waals surface area contributed by atoms with Gasteiger partial charge in [0.15, 0.2) is 6.29 Å². The summed E-state index contributed by atoms with van der Waals surface area (Å²) in [5.74, 6) is -0.490. The molecule has 66 valence electrons. The molecule has 2 aromatic rings. The molecule has 1 aromatic carbocycles. The van der Waals surface area contributed by atoms with Crippen LogP contribution >= 0.6 is 22.9 Å². The van der Waals surface area contributed by atoms with Crippen LogP contribution in [0.4, 0.5) is 4.39 Å². The Balaban J connectivity index is 2.84. The van der Waals surface area contributed by atoms with Crippen molar-refractivity contribution in [3.8, 4) is 0 Å². The second-order valence-corrected chi connectivity index (χ2v) is 3.89. The predicted molar refractivity (Wildman–Crippen MR) is 52.2 cm³/mol. The number of halogens is 2. The van der Waals surface area contributed by atoms with E-state index in [1.807, 2.05) is 0 Å². The van der Waals surface area contributed by atoms with E-state index in [1.54, 1.807) is 5.38 Å². The standard InChI is InChI=1S/C9H4ClFOS/c10-7-2-9-6(1-8(7)11)5(3-12)4-13-9/h1-4H. The molecule has 1 aromatic heterocycles. The van der Waals surface area contributed by atoms with Gasteiger partial charge < -0.3 is 0 Å². The molecule has 0 aliphatic heterocycles. The average molecular weight is 215 g/mol. The van der Waals surface area contributed by atoms with Gasteiger partial charge in [0, 0.05) is 21.0 Å². The van der Waals surface area contributed by atoms with Crippen molar-refractivity contribution < 1.29 is 9.18 Å². The van der Waals surface area contributed by atoms with Crippen LogP contribution in [-0.4, -0.2) is 6.29 Å². The highest BCUT2D eigenvalue weighted by Gasteiger charge is 2.07. The Morgan fingerprint density at radius 1 is 1.46 bits per heavy atom. The van der Waals surface area contributed by atoms with E-state index in [9.17, 15) is 9.18 Å². The van der Waals surface area contributed by atoms with Crippen LogP contribution in [0.2, 0.25) is 5.02 Å². The number of aldehydes is 1. The highest BCUT2D eigenvalue weighted by Crippen LogP contribution is 2.29. The number of fused-ring (bicyclic) bond motifs is 1. The van der Waals surface area contributed by atoms with Crippen molar-refractivity contribution in [3.63, 3.8) is 0 Å². The summed E-state index contributed by atoms with van der Waals surface area (Å²) in [7, 11) is 0. The third-order valence-electron chi connectivity index (χ3n) is 1.77. The molecule has 13 heavy (non-hydrogen) atoms. The number of carbonyl (C=O) groups excluding carboxylic acids is 1. The molecule has 0 aliphatic rings. The van der Waals surface area contributed by atoms with E-state index >= 15 is 0 Å². The summed E-state index contributed by atoms with van der Waals surface area (Å²) >= 11 is 6.96. The lowest BCUT2D eigenvalue weighted by Gasteiger charge is -1.94. The molecule has 4 heteroatoms. The average Bonchev–Trinajstić information content (AvgIpc) is 2.48. The Morgan fingerprint density at radius 3 is 2.92 bits per heavy atom. The number of benzene rings is 1. The van der Waals surface area contributed by atoms with Gasteiger partial charge in [-0.2, -0.15) is 0 Å². The van der Waals surface area contributed by atoms with E-state index in [4.69, 9.17) is 11.6 Å². The van der Waals surface area contributed by atoms with Gasteiger partial charge in [-0.15, -0.1) is 11.3 Å². The minimum Gasteiger partial charge on any atom is -0.298 e. The lowest BCUT2D eigenvalue weighted by molar-refractivity contribution is 0.112. The van der Waals surface area contributed by atoms with Crippen LogP contribution in [0.25, 0.3) is 10.1 Å². The van der Waals surface area contributed by atoms with Gasteiger partial charge in [0.05, 0.1) is 5.02 Å². The van der Waals surface area contributed by atoms with Crippen molar-refractivity contribution in [1.82, 2.24) is 0 Å². The summed E-state index contributed by atoms with van der Waals surface area (Å²) < 4.78 is 13.8. The highest BCUT2D eigenvalue weighted by atomic mass is 35.5. The maximum Gasteiger partial charge on any atom is 0.151 e. The number of hydrogen-bond acceptors (Lipinski definition) is 2. The van der Waals surface area contributed by atoms with Gasteiger partial charge in [-0.05, 0) is 12.1 Å². The summed E-state index contributed by atoms with van der Waals surface area (Å²) in [6, 6.07) is 2.82. The fourth-order valence-corrected chi connectivity index (χ4v) is 2.29. The molecule has 0 aliphatic carbocycles. The van der Waals surface area contributed by atoms with Crippen molar-refractivity contribution in [2.75, 3.05) is 0 Å². The molecule has 1 nitrogen and oxygen atoms in total. The van der Waals surface area contributed by atoms with Gasteiger partial charge in [0.2, 0.25) is 0 Å². The highest BCUT2D eigenvalue weighted by molar-refractivity contribution is 7.17. The van der Waals surface area contributed by atoms with Crippen molar-refractivity contribution >= 4 is 39.3 Å². The molecule has 0 amide bonds. The van der Waals surface area contributed by atoms with Gasteiger partial charge in [0.25, 0.3) is 0 Å². The van der Waals surface area contributed by atoms with E-state index in [0.29, 0.717) is 17.2 Å². The van der Waals surface area contributed by atoms with E-state index in [1.165, 1.54) is 23.5 Å². The first-order chi connectivity index (χ1) is 6.22. The second kappa shape index (κ2) is 3.09. The van der Waals surface area contributed by atoms with E-state index in [0.717, 1.165) is 4.70 Å². The lowest BCUT2D eigenvalue weighted by atomic mass is 10.2. The normalized spacial score (nSPS) is 10.6. The number of rotatable bonds is 1. The van der Waals surface area contributed by atoms with Gasteiger partial charge in [0.1, 0.15) is 5.82 Å². The largest absolute Gasteiger partial charge is 0.298 e. The fraction of sp³-hybridized carbons (Fsp3) is 0. The molecule has 0 bridgehead atoms. The number of carbonyl (C=O) groups is 1. The van der Waals surface area contributed by atoms with E-state index in [-0.39, 0.29) is 5.02 Å². The van der Waals surface area contributed by atoms with Crippen LogP contribution in [0.1, 0.15) is 10.4 Å². The smallest absolute Gasteiger partial charge is 0.151 e. The third kappa shape index (κ3) is 1.34. The molecular weight excluding hydrogens is 211 g/mol. The zero-order valence-electron chi connectivity index (χ0n) is 6.38. The van der Waals surface area contributed by atoms with Gasteiger partial charge in [-0.1, -0.05) is 11.6 Å². The summed E-state index contributed by atoms with van der Waals surface area (Å²) in [5.41, 5.74) is 0.510. The molecule has 1 heterocycles. The Labute approximate surface area is 82.7 Å². The Hall–Kier alpha value is -0.930. The predicted octanol–water partition coefficient (Wildman–Crippen LogP) is 3.51. The minimum atomic E-state index is -0.490. The molecule has 0 saturated heterocycles. The third-order valence-corrected chi connectivity index (χ3v) is 3.03. The van der Waals surface area contributed by atoms with Gasteiger partial charge in [-0.3, -0.25) is 4.79 Å². The molecule has 0 N–H and O–H groups in total. The fourth-order valence-electron chi connectivity index (χ4n) is 1.13. The molecule has 0 unspecified atom stereocenters. The van der Waals surface area contributed by atoms with Crippen molar-refractivity contribution in [1.29, 1.82) is 0 Å². The van der Waals surface area contributed by atoms with Crippen molar-refractivity contribution in [2.45, 2.75) is 0 Å². The molecule has 2 rings (SSSR count). The minimum absolute atomic E-state index is 0.0896. The summed E-state index contributed by atoms with van der Waals surface area (Å²) in [6.07, 6.45) is 0.714. The quantitative estimate of drug-likeness (QED) is 0.664. The summed E-state index contributed by atoms with van der Waals surface area (Å²) in [5, 5.41) is 2.40. The molecule has 0 atom stereocenters. The molecule has 0 radical (unpaired) electrons. The van der Waals surface area contributed by atoms with Crippen LogP contribution in [0.3, 0.4) is 0 Å². The van der Waals surface area contributed by atoms with Crippen molar-refractivity contribution in [3.05, 3.63) is 33.9 Å². The first-order valence-electron chi connectivity index (χ1n) is 3.54. The van der Waals surface area contributed by atoms with Gasteiger partial charge in [-0.25, -0.2) is 4.39 Å². The zero-order valence-corrected chi connectivity index (χ0v) is 7.95. The molecule has 0 spiro atoms. The van der Waals surface area contributed by atoms with E-state index in [2.05, 4.69) is 0 Å². The number of thiophene rings is 1. The first-order valence-corrected chi connectivity index (χ1v) is 4.79. The topological polar surface area (TPSA) is 17.1 Å². The summed E-state index contributed by atoms with van der Waals surface area (Å²) in [6.45, 7) is 0. The molecule has 0 fully saturated rings. The molecule has 0 saturated carbocycles. The summed E-state index contributed by atoms with van der Waals surface area (Å²) in [4.78, 5) is 10.5. The van der Waals surface area contributed by atoms with Crippen LogP contribution in [0.15, 0.2) is 17.5 Å². The Morgan fingerprint density at radius 2 is 2.23 bits per heavy atom. The van der Waals surface area contributed by atoms with Crippen LogP contribution in [-0.2, 0) is 0 Å². The lowest BCUT2D eigenvalue weighted by Crippen LogP contribution is -1.79. The van der Waals surface area contributed by atoms with Crippen LogP contribution in [0, 0.1) is 5.82 Å². The first kappa shape index (κ1) is 8.66. The Kier molecular flexibility index (Phi) is 2.06. The van der Waals surface area contributed by atoms with Crippen molar-refractivity contribution in [2.24, 2.45) is 0 Å². The molecular formula is C9H4ClFOS.